The summed E-state index contributed by atoms with van der Waals surface area (Å²) in [5.41, 5.74) is 1.93. The lowest BCUT2D eigenvalue weighted by Crippen LogP contribution is -2.46. The van der Waals surface area contributed by atoms with Crippen LogP contribution in [0.3, 0.4) is 0 Å². The molecule has 6 nitrogen and oxygen atoms in total. The van der Waals surface area contributed by atoms with Gasteiger partial charge in [0.2, 0.25) is 0 Å². The third-order valence-electron chi connectivity index (χ3n) is 5.48. The minimum absolute atomic E-state index is 0.00627. The van der Waals surface area contributed by atoms with Crippen LogP contribution in [0.2, 0.25) is 0 Å². The summed E-state index contributed by atoms with van der Waals surface area (Å²) in [5, 5.41) is 31.3. The van der Waals surface area contributed by atoms with E-state index < -0.39 is 17.1 Å². The number of rotatable bonds is 7. The Labute approximate surface area is 159 Å². The quantitative estimate of drug-likeness (QED) is 0.578. The van der Waals surface area contributed by atoms with E-state index in [0.29, 0.717) is 11.5 Å². The van der Waals surface area contributed by atoms with Crippen LogP contribution < -0.4 is 0 Å². The maximum Gasteiger partial charge on any atom is 0.269 e. The first kappa shape index (κ1) is 19.5. The molecule has 0 radical (unpaired) electrons. The third-order valence-corrected chi connectivity index (χ3v) is 5.48. The largest absolute Gasteiger partial charge is 0.395 e. The molecule has 1 saturated heterocycles. The molecule has 2 aromatic carbocycles. The second-order valence-corrected chi connectivity index (χ2v) is 7.21. The predicted molar refractivity (Wildman–Crippen MR) is 103 cm³/mol. The Morgan fingerprint density at radius 2 is 1.70 bits per heavy atom. The number of non-ortho nitro benzene ring substituents is 1. The van der Waals surface area contributed by atoms with Crippen molar-refractivity contribution in [3.63, 3.8) is 0 Å². The van der Waals surface area contributed by atoms with E-state index in [1.54, 1.807) is 12.1 Å². The van der Waals surface area contributed by atoms with Gasteiger partial charge >= 0.3 is 0 Å². The summed E-state index contributed by atoms with van der Waals surface area (Å²) in [6.07, 6.45) is 2.24. The standard InChI is InChI=1S/C21H26N2O4/c24-15-20(21(25)18-6-8-19(9-7-18)23(26)27)22-12-10-17(11-13-22)14-16-4-2-1-3-5-16/h1-9,17,20-21,24-25H,10-15H2/t20-,21-/m0/s1. The summed E-state index contributed by atoms with van der Waals surface area (Å²) in [6.45, 7) is 1.50. The molecule has 1 aliphatic heterocycles. The molecule has 1 heterocycles. The Morgan fingerprint density at radius 1 is 1.07 bits per heavy atom. The second kappa shape index (κ2) is 9.08. The van der Waals surface area contributed by atoms with Crippen molar-refractivity contribution >= 4 is 5.69 Å². The zero-order chi connectivity index (χ0) is 19.2. The fraction of sp³-hybridized carbons (Fsp3) is 0.429. The molecule has 1 aliphatic rings. The van der Waals surface area contributed by atoms with Crippen LogP contribution >= 0.6 is 0 Å². The Hall–Kier alpha value is -2.28. The summed E-state index contributed by atoms with van der Waals surface area (Å²) in [4.78, 5) is 12.4. The molecule has 2 N–H and O–H groups in total. The summed E-state index contributed by atoms with van der Waals surface area (Å²) in [5.74, 6) is 0.611. The van der Waals surface area contributed by atoms with Gasteiger partial charge in [0.15, 0.2) is 0 Å². The number of nitro benzene ring substituents is 1. The fourth-order valence-electron chi connectivity index (χ4n) is 3.87. The van der Waals surface area contributed by atoms with E-state index in [-0.39, 0.29) is 12.3 Å². The van der Waals surface area contributed by atoms with Gasteiger partial charge < -0.3 is 10.2 Å². The Bertz CT molecular complexity index is 728. The molecule has 6 heteroatoms. The molecule has 1 fully saturated rings. The van der Waals surface area contributed by atoms with Crippen molar-refractivity contribution in [3.05, 3.63) is 75.8 Å². The Kier molecular flexibility index (Phi) is 6.55. The first-order valence-electron chi connectivity index (χ1n) is 9.39. The maximum atomic E-state index is 10.8. The normalized spacial score (nSPS) is 18.1. The third kappa shape index (κ3) is 4.91. The lowest BCUT2D eigenvalue weighted by Gasteiger charge is -2.39. The van der Waals surface area contributed by atoms with Gasteiger partial charge in [0, 0.05) is 12.1 Å². The van der Waals surface area contributed by atoms with Crippen LogP contribution in [0, 0.1) is 16.0 Å². The second-order valence-electron chi connectivity index (χ2n) is 7.21. The smallest absolute Gasteiger partial charge is 0.269 e. The lowest BCUT2D eigenvalue weighted by atomic mass is 9.88. The molecule has 2 aromatic rings. The van der Waals surface area contributed by atoms with E-state index in [9.17, 15) is 20.3 Å². The van der Waals surface area contributed by atoms with Crippen LogP contribution in [-0.2, 0) is 6.42 Å². The van der Waals surface area contributed by atoms with Crippen molar-refractivity contribution in [3.8, 4) is 0 Å². The van der Waals surface area contributed by atoms with Crippen LogP contribution in [0.15, 0.2) is 54.6 Å². The molecule has 0 spiro atoms. The molecule has 0 aromatic heterocycles. The zero-order valence-corrected chi connectivity index (χ0v) is 15.3. The van der Waals surface area contributed by atoms with Crippen molar-refractivity contribution in [2.75, 3.05) is 19.7 Å². The molecule has 0 amide bonds. The average molecular weight is 370 g/mol. The molecule has 3 rings (SSSR count). The van der Waals surface area contributed by atoms with Crippen LogP contribution in [0.1, 0.15) is 30.1 Å². The highest BCUT2D eigenvalue weighted by molar-refractivity contribution is 5.34. The Balaban J connectivity index is 1.58. The lowest BCUT2D eigenvalue weighted by molar-refractivity contribution is -0.384. The topological polar surface area (TPSA) is 86.8 Å². The monoisotopic (exact) mass is 370 g/mol. The molecule has 0 bridgehead atoms. The molecule has 144 valence electrons. The first-order valence-corrected chi connectivity index (χ1v) is 9.39. The summed E-state index contributed by atoms with van der Waals surface area (Å²) >= 11 is 0. The molecule has 2 atom stereocenters. The number of aliphatic hydroxyl groups is 2. The van der Waals surface area contributed by atoms with Crippen molar-refractivity contribution in [2.24, 2.45) is 5.92 Å². The SMILES string of the molecule is O=[N+]([O-])c1ccc([C@H](O)[C@H](CO)N2CCC(Cc3ccccc3)CC2)cc1. The van der Waals surface area contributed by atoms with Gasteiger partial charge in [-0.25, -0.2) is 0 Å². The van der Waals surface area contributed by atoms with Gasteiger partial charge in [0.05, 0.1) is 23.7 Å². The summed E-state index contributed by atoms with van der Waals surface area (Å²) in [7, 11) is 0. The van der Waals surface area contributed by atoms with Crippen molar-refractivity contribution < 1.29 is 15.1 Å². The summed E-state index contributed by atoms with van der Waals surface area (Å²) in [6, 6.07) is 16.0. The maximum absolute atomic E-state index is 10.8. The van der Waals surface area contributed by atoms with Crippen LogP contribution in [0.4, 0.5) is 5.69 Å². The number of nitrogens with zero attached hydrogens (tertiary/aromatic N) is 2. The van der Waals surface area contributed by atoms with Gasteiger partial charge in [-0.15, -0.1) is 0 Å². The molecule has 0 unspecified atom stereocenters. The van der Waals surface area contributed by atoms with E-state index in [0.717, 1.165) is 32.4 Å². The van der Waals surface area contributed by atoms with E-state index in [1.807, 2.05) is 6.07 Å². The minimum atomic E-state index is -0.874. The van der Waals surface area contributed by atoms with E-state index in [4.69, 9.17) is 0 Å². The van der Waals surface area contributed by atoms with Crippen molar-refractivity contribution in [1.29, 1.82) is 0 Å². The highest BCUT2D eigenvalue weighted by Gasteiger charge is 2.30. The van der Waals surface area contributed by atoms with Gasteiger partial charge in [-0.1, -0.05) is 30.3 Å². The molecule has 27 heavy (non-hydrogen) atoms. The number of piperidine rings is 1. The molecular formula is C21H26N2O4. The highest BCUT2D eigenvalue weighted by Crippen LogP contribution is 2.28. The molecule has 0 saturated carbocycles. The number of hydrogen-bond donors (Lipinski definition) is 2. The first-order chi connectivity index (χ1) is 13.1. The number of hydrogen-bond acceptors (Lipinski definition) is 5. The number of nitro groups is 1. The van der Waals surface area contributed by atoms with Gasteiger partial charge in [-0.3, -0.25) is 15.0 Å². The summed E-state index contributed by atoms with van der Waals surface area (Å²) < 4.78 is 0. The molecular weight excluding hydrogens is 344 g/mol. The minimum Gasteiger partial charge on any atom is -0.395 e. The zero-order valence-electron chi connectivity index (χ0n) is 15.3. The van der Waals surface area contributed by atoms with Gasteiger partial charge in [0.1, 0.15) is 0 Å². The van der Waals surface area contributed by atoms with Gasteiger partial charge in [0.25, 0.3) is 5.69 Å². The fourth-order valence-corrected chi connectivity index (χ4v) is 3.87. The predicted octanol–water partition coefficient (Wildman–Crippen LogP) is 2.94. The number of benzene rings is 2. The van der Waals surface area contributed by atoms with Crippen LogP contribution in [0.25, 0.3) is 0 Å². The van der Waals surface area contributed by atoms with E-state index in [1.165, 1.54) is 17.7 Å². The van der Waals surface area contributed by atoms with Crippen LogP contribution in [-0.4, -0.2) is 45.8 Å². The van der Waals surface area contributed by atoms with Crippen molar-refractivity contribution in [1.82, 2.24) is 4.90 Å². The highest BCUT2D eigenvalue weighted by atomic mass is 16.6. The number of likely N-dealkylation sites (tertiary alicyclic amines) is 1. The Morgan fingerprint density at radius 3 is 2.26 bits per heavy atom. The molecule has 0 aliphatic carbocycles. The number of aliphatic hydroxyl groups excluding tert-OH is 2. The van der Waals surface area contributed by atoms with E-state index >= 15 is 0 Å². The van der Waals surface area contributed by atoms with Gasteiger partial charge in [-0.2, -0.15) is 0 Å². The van der Waals surface area contributed by atoms with E-state index in [2.05, 4.69) is 29.2 Å². The van der Waals surface area contributed by atoms with Gasteiger partial charge in [-0.05, 0) is 61.5 Å². The van der Waals surface area contributed by atoms with Crippen molar-refractivity contribution in [2.45, 2.75) is 31.4 Å². The van der Waals surface area contributed by atoms with Crippen LogP contribution in [0.5, 0.6) is 0 Å². The average Bonchev–Trinajstić information content (AvgIpc) is 2.70.